The quantitative estimate of drug-likeness (QED) is 0.191. The molecule has 0 bridgehead atoms. The van der Waals surface area contributed by atoms with Gasteiger partial charge in [0.05, 0.1) is 23.5 Å². The number of rotatable bonds is 7. The standard InChI is InChI=1S/C29H22ClFN2O3S/c1-2-18-7-5-8-23-21(16-32(27(18)23)15-20-6-3-4-9-24(20)31)14-26-28(35)33(29(36)37-26)17-25(34)19-10-12-22(30)13-11-19/h3-14,16H,2,15,17H2,1H3/b26-14-. The Hall–Kier alpha value is -3.68. The number of hydrogen-bond donors (Lipinski definition) is 0. The molecule has 0 N–H and O–H groups in total. The lowest BCUT2D eigenvalue weighted by Crippen LogP contribution is -2.33. The topological polar surface area (TPSA) is 59.4 Å². The average Bonchev–Trinajstić information content (AvgIpc) is 3.37. The highest BCUT2D eigenvalue weighted by Crippen LogP contribution is 2.35. The Labute approximate surface area is 222 Å². The van der Waals surface area contributed by atoms with Gasteiger partial charge in [0, 0.05) is 33.3 Å². The Balaban J connectivity index is 1.48. The van der Waals surface area contributed by atoms with E-state index < -0.39 is 11.1 Å². The summed E-state index contributed by atoms with van der Waals surface area (Å²) in [5.41, 5.74) is 3.72. The maximum Gasteiger partial charge on any atom is 0.293 e. The first-order valence-corrected chi connectivity index (χ1v) is 12.9. The van der Waals surface area contributed by atoms with Crippen molar-refractivity contribution in [1.82, 2.24) is 9.47 Å². The maximum absolute atomic E-state index is 14.4. The Bertz CT molecular complexity index is 1580. The molecule has 1 aliphatic rings. The molecule has 0 unspecified atom stereocenters. The minimum absolute atomic E-state index is 0.237. The van der Waals surface area contributed by atoms with Crippen LogP contribution in [0.3, 0.4) is 0 Å². The van der Waals surface area contributed by atoms with Crippen molar-refractivity contribution in [3.63, 3.8) is 0 Å². The predicted octanol–water partition coefficient (Wildman–Crippen LogP) is 6.96. The fourth-order valence-corrected chi connectivity index (χ4v) is 5.40. The summed E-state index contributed by atoms with van der Waals surface area (Å²) in [6.07, 6.45) is 4.34. The fraction of sp³-hybridized carbons (Fsp3) is 0.138. The molecule has 37 heavy (non-hydrogen) atoms. The van der Waals surface area contributed by atoms with Crippen LogP contribution in [0.25, 0.3) is 17.0 Å². The Kier molecular flexibility index (Phi) is 7.00. The Morgan fingerprint density at radius 1 is 1.00 bits per heavy atom. The molecule has 5 rings (SSSR count). The first-order chi connectivity index (χ1) is 17.9. The molecule has 1 fully saturated rings. The number of fused-ring (bicyclic) bond motifs is 1. The largest absolute Gasteiger partial charge is 0.342 e. The van der Waals surface area contributed by atoms with Crippen molar-refractivity contribution in [1.29, 1.82) is 0 Å². The van der Waals surface area contributed by atoms with Crippen LogP contribution >= 0.6 is 23.4 Å². The summed E-state index contributed by atoms with van der Waals surface area (Å²) < 4.78 is 16.4. The van der Waals surface area contributed by atoms with Gasteiger partial charge in [0.1, 0.15) is 5.82 Å². The van der Waals surface area contributed by atoms with E-state index in [-0.39, 0.29) is 23.1 Å². The summed E-state index contributed by atoms with van der Waals surface area (Å²) in [6.45, 7) is 2.03. The predicted molar refractivity (Wildman–Crippen MR) is 145 cm³/mol. The molecule has 0 atom stereocenters. The lowest BCUT2D eigenvalue weighted by Gasteiger charge is -2.11. The van der Waals surface area contributed by atoms with E-state index in [1.165, 1.54) is 6.07 Å². The number of thioether (sulfide) groups is 1. The van der Waals surface area contributed by atoms with E-state index in [0.717, 1.165) is 45.1 Å². The van der Waals surface area contributed by atoms with Gasteiger partial charge in [-0.25, -0.2) is 4.39 Å². The summed E-state index contributed by atoms with van der Waals surface area (Å²) in [4.78, 5) is 39.7. The Morgan fingerprint density at radius 3 is 2.46 bits per heavy atom. The van der Waals surface area contributed by atoms with Gasteiger partial charge >= 0.3 is 0 Å². The number of aromatic nitrogens is 1. The molecule has 186 valence electrons. The van der Waals surface area contributed by atoms with E-state index in [1.807, 2.05) is 29.0 Å². The average molecular weight is 533 g/mol. The number of Topliss-reactive ketones (excluding diaryl/α,β-unsaturated/α-hetero) is 1. The number of carbonyl (C=O) groups is 3. The van der Waals surface area contributed by atoms with Crippen LogP contribution in [0.1, 0.15) is 34.0 Å². The highest BCUT2D eigenvalue weighted by molar-refractivity contribution is 8.18. The fourth-order valence-electron chi connectivity index (χ4n) is 4.45. The molecule has 1 aromatic heterocycles. The number of carbonyl (C=O) groups excluding carboxylic acids is 3. The van der Waals surface area contributed by atoms with Crippen LogP contribution in [0.15, 0.2) is 77.8 Å². The SMILES string of the molecule is CCc1cccc2c(/C=C3\SC(=O)N(CC(=O)c4ccc(Cl)cc4)C3=O)cn(Cc3ccccc3F)c12. The second kappa shape index (κ2) is 10.4. The zero-order valence-electron chi connectivity index (χ0n) is 19.9. The Morgan fingerprint density at radius 2 is 1.73 bits per heavy atom. The van der Waals surface area contributed by atoms with Gasteiger partial charge < -0.3 is 4.57 Å². The molecule has 8 heteroatoms. The van der Waals surface area contributed by atoms with Crippen LogP contribution in [0.2, 0.25) is 5.02 Å². The van der Waals surface area contributed by atoms with Crippen molar-refractivity contribution in [2.75, 3.05) is 6.54 Å². The number of benzene rings is 3. The van der Waals surface area contributed by atoms with Crippen molar-refractivity contribution in [3.05, 3.63) is 111 Å². The smallest absolute Gasteiger partial charge is 0.293 e. The zero-order chi connectivity index (χ0) is 26.1. The van der Waals surface area contributed by atoms with Crippen molar-refractivity contribution >= 4 is 57.3 Å². The van der Waals surface area contributed by atoms with Gasteiger partial charge in [-0.15, -0.1) is 0 Å². The molecule has 0 aliphatic carbocycles. The van der Waals surface area contributed by atoms with Crippen LogP contribution in [0.4, 0.5) is 9.18 Å². The van der Waals surface area contributed by atoms with Gasteiger partial charge in [-0.05, 0) is 60.2 Å². The molecule has 4 aromatic rings. The highest BCUT2D eigenvalue weighted by atomic mass is 35.5. The van der Waals surface area contributed by atoms with E-state index in [2.05, 4.69) is 6.92 Å². The normalized spacial score (nSPS) is 14.8. The van der Waals surface area contributed by atoms with Gasteiger partial charge in [-0.2, -0.15) is 0 Å². The van der Waals surface area contributed by atoms with Crippen molar-refractivity contribution < 1.29 is 18.8 Å². The molecule has 0 saturated carbocycles. The number of halogens is 2. The molecule has 1 saturated heterocycles. The van der Waals surface area contributed by atoms with E-state index >= 15 is 0 Å². The lowest BCUT2D eigenvalue weighted by molar-refractivity contribution is -0.122. The third-order valence-corrected chi connectivity index (χ3v) is 7.48. The van der Waals surface area contributed by atoms with Crippen LogP contribution in [0.5, 0.6) is 0 Å². The summed E-state index contributed by atoms with van der Waals surface area (Å²) in [7, 11) is 0. The minimum atomic E-state index is -0.515. The number of nitrogens with zero attached hydrogens (tertiary/aromatic N) is 2. The number of imide groups is 1. The second-order valence-corrected chi connectivity index (χ2v) is 10.1. The van der Waals surface area contributed by atoms with Crippen molar-refractivity contribution in [2.24, 2.45) is 0 Å². The zero-order valence-corrected chi connectivity index (χ0v) is 21.5. The van der Waals surface area contributed by atoms with Crippen LogP contribution in [0, 0.1) is 5.82 Å². The number of ketones is 1. The van der Waals surface area contributed by atoms with Gasteiger partial charge in [-0.3, -0.25) is 19.3 Å². The van der Waals surface area contributed by atoms with Gasteiger partial charge in [-0.1, -0.05) is 54.9 Å². The first kappa shape index (κ1) is 25.0. The molecule has 0 radical (unpaired) electrons. The molecular formula is C29H22ClFN2O3S. The molecule has 3 aromatic carbocycles. The van der Waals surface area contributed by atoms with Crippen LogP contribution in [-0.4, -0.2) is 32.9 Å². The number of hydrogen-bond acceptors (Lipinski definition) is 4. The van der Waals surface area contributed by atoms with Crippen molar-refractivity contribution in [2.45, 2.75) is 19.9 Å². The molecule has 0 spiro atoms. The number of para-hydroxylation sites is 1. The molecule has 2 amide bonds. The third-order valence-electron chi connectivity index (χ3n) is 6.32. The molecule has 2 heterocycles. The molecule has 5 nitrogen and oxygen atoms in total. The molecule has 1 aliphatic heterocycles. The summed E-state index contributed by atoms with van der Waals surface area (Å²) in [6, 6.07) is 18.9. The van der Waals surface area contributed by atoms with E-state index in [9.17, 15) is 18.8 Å². The number of aryl methyl sites for hydroxylation is 1. The van der Waals surface area contributed by atoms with Crippen LogP contribution < -0.4 is 0 Å². The van der Waals surface area contributed by atoms with Crippen molar-refractivity contribution in [3.8, 4) is 0 Å². The number of amides is 2. The van der Waals surface area contributed by atoms with E-state index in [1.54, 1.807) is 48.5 Å². The van der Waals surface area contributed by atoms with Gasteiger partial charge in [0.2, 0.25) is 0 Å². The van der Waals surface area contributed by atoms with Crippen LogP contribution in [-0.2, 0) is 17.8 Å². The van der Waals surface area contributed by atoms with Gasteiger partial charge in [0.15, 0.2) is 5.78 Å². The monoisotopic (exact) mass is 532 g/mol. The first-order valence-electron chi connectivity index (χ1n) is 11.7. The highest BCUT2D eigenvalue weighted by Gasteiger charge is 2.36. The van der Waals surface area contributed by atoms with E-state index in [4.69, 9.17) is 11.6 Å². The lowest BCUT2D eigenvalue weighted by atomic mass is 10.1. The third kappa shape index (κ3) is 4.97. The van der Waals surface area contributed by atoms with Gasteiger partial charge in [0.25, 0.3) is 11.1 Å². The summed E-state index contributed by atoms with van der Waals surface area (Å²) >= 11 is 6.69. The minimum Gasteiger partial charge on any atom is -0.342 e. The van der Waals surface area contributed by atoms with E-state index in [0.29, 0.717) is 22.7 Å². The summed E-state index contributed by atoms with van der Waals surface area (Å²) in [5.74, 6) is -1.15. The second-order valence-electron chi connectivity index (χ2n) is 8.67. The maximum atomic E-state index is 14.4. The summed E-state index contributed by atoms with van der Waals surface area (Å²) in [5, 5.41) is 0.897. The molecular weight excluding hydrogens is 511 g/mol.